The average Bonchev–Trinajstić information content (AvgIpc) is 3.11. The Morgan fingerprint density at radius 1 is 1.19 bits per heavy atom. The minimum absolute atomic E-state index is 0.0802. The number of carbonyl (C=O) groups excluding carboxylic acids is 1. The molecule has 2 aliphatic heterocycles. The summed E-state index contributed by atoms with van der Waals surface area (Å²) >= 11 is 0. The molecule has 2 aromatic carbocycles. The summed E-state index contributed by atoms with van der Waals surface area (Å²) in [6, 6.07) is 13.6. The van der Waals surface area contributed by atoms with Crippen LogP contribution in [0.3, 0.4) is 0 Å². The Hall–Kier alpha value is -2.49. The highest BCUT2D eigenvalue weighted by atomic mass is 16.5. The van der Waals surface area contributed by atoms with Crippen molar-refractivity contribution in [2.45, 2.75) is 12.3 Å². The molecule has 0 fully saturated rings. The van der Waals surface area contributed by atoms with Gasteiger partial charge in [-0.05, 0) is 24.1 Å². The number of nitrogens with two attached hydrogens (primary N) is 1. The van der Waals surface area contributed by atoms with Crippen molar-refractivity contribution in [2.75, 3.05) is 23.8 Å². The van der Waals surface area contributed by atoms with Crippen molar-refractivity contribution in [3.63, 3.8) is 0 Å². The Kier molecular flexibility index (Phi) is 2.64. The normalized spacial score (nSPS) is 19.0. The number of anilines is 2. The number of fused-ring (bicyclic) bond motifs is 2. The van der Waals surface area contributed by atoms with Gasteiger partial charge in [-0.1, -0.05) is 30.3 Å². The first-order valence-electron chi connectivity index (χ1n) is 7.16. The zero-order chi connectivity index (χ0) is 14.4. The van der Waals surface area contributed by atoms with E-state index in [1.165, 1.54) is 0 Å². The summed E-state index contributed by atoms with van der Waals surface area (Å²) in [6.07, 6.45) is 0.862. The first-order valence-corrected chi connectivity index (χ1v) is 7.16. The molecule has 1 atom stereocenters. The van der Waals surface area contributed by atoms with E-state index < -0.39 is 0 Å². The van der Waals surface area contributed by atoms with Crippen LogP contribution in [0.4, 0.5) is 11.4 Å². The largest absolute Gasteiger partial charge is 0.492 e. The first kappa shape index (κ1) is 12.3. The number of carbonyl (C=O) groups is 1. The molecule has 2 aromatic rings. The van der Waals surface area contributed by atoms with Crippen LogP contribution in [0.25, 0.3) is 0 Å². The van der Waals surface area contributed by atoms with Gasteiger partial charge in [0.2, 0.25) is 5.91 Å². The van der Waals surface area contributed by atoms with Gasteiger partial charge in [-0.3, -0.25) is 4.79 Å². The average molecular weight is 280 g/mol. The third-order valence-corrected chi connectivity index (χ3v) is 4.29. The third kappa shape index (κ3) is 1.79. The van der Waals surface area contributed by atoms with Crippen molar-refractivity contribution < 1.29 is 9.53 Å². The van der Waals surface area contributed by atoms with Crippen LogP contribution in [0.15, 0.2) is 42.5 Å². The van der Waals surface area contributed by atoms with E-state index in [9.17, 15) is 4.79 Å². The Balaban J connectivity index is 1.70. The van der Waals surface area contributed by atoms with Crippen molar-refractivity contribution in [1.82, 2.24) is 0 Å². The first-order chi connectivity index (χ1) is 10.3. The summed E-state index contributed by atoms with van der Waals surface area (Å²) in [4.78, 5) is 14.7. The zero-order valence-corrected chi connectivity index (χ0v) is 11.6. The van der Waals surface area contributed by atoms with Crippen LogP contribution >= 0.6 is 0 Å². The van der Waals surface area contributed by atoms with Gasteiger partial charge in [0.25, 0.3) is 0 Å². The summed E-state index contributed by atoms with van der Waals surface area (Å²) in [5.41, 5.74) is 9.75. The van der Waals surface area contributed by atoms with Crippen molar-refractivity contribution >= 4 is 17.3 Å². The van der Waals surface area contributed by atoms with Gasteiger partial charge in [0.05, 0.1) is 11.4 Å². The number of benzene rings is 2. The predicted octanol–water partition coefficient (Wildman–Crippen LogP) is 2.33. The van der Waals surface area contributed by atoms with E-state index >= 15 is 0 Å². The SMILES string of the molecule is Nc1cccc2c1N(C(=O)C1COc3ccccc31)CC2. The molecule has 4 nitrogen and oxygen atoms in total. The van der Waals surface area contributed by atoms with E-state index in [4.69, 9.17) is 10.5 Å². The molecule has 0 saturated heterocycles. The number of ether oxygens (including phenoxy) is 1. The molecule has 0 spiro atoms. The number of para-hydroxylation sites is 2. The molecule has 0 radical (unpaired) electrons. The third-order valence-electron chi connectivity index (χ3n) is 4.29. The van der Waals surface area contributed by atoms with Crippen molar-refractivity contribution in [2.24, 2.45) is 0 Å². The molecule has 2 heterocycles. The maximum Gasteiger partial charge on any atom is 0.238 e. The van der Waals surface area contributed by atoms with E-state index in [1.54, 1.807) is 0 Å². The number of nitrogens with zero attached hydrogens (tertiary/aromatic N) is 1. The summed E-state index contributed by atoms with van der Waals surface area (Å²) in [5.74, 6) is 0.666. The minimum atomic E-state index is -0.230. The van der Waals surface area contributed by atoms with Gasteiger partial charge >= 0.3 is 0 Å². The Labute approximate surface area is 123 Å². The molecule has 4 heteroatoms. The van der Waals surface area contributed by atoms with Gasteiger partial charge < -0.3 is 15.4 Å². The molecular formula is C17H16N2O2. The Bertz CT molecular complexity index is 726. The lowest BCUT2D eigenvalue weighted by molar-refractivity contribution is -0.120. The molecule has 2 aliphatic rings. The van der Waals surface area contributed by atoms with Crippen LogP contribution in [-0.2, 0) is 11.2 Å². The van der Waals surface area contributed by atoms with Crippen LogP contribution in [0, 0.1) is 0 Å². The Morgan fingerprint density at radius 3 is 2.95 bits per heavy atom. The number of hydrogen-bond donors (Lipinski definition) is 1. The summed E-state index contributed by atoms with van der Waals surface area (Å²) in [6.45, 7) is 1.11. The minimum Gasteiger partial charge on any atom is -0.492 e. The fraction of sp³-hybridized carbons (Fsp3) is 0.235. The lowest BCUT2D eigenvalue weighted by atomic mass is 9.99. The number of nitrogen functional groups attached to an aromatic ring is 1. The van der Waals surface area contributed by atoms with Gasteiger partial charge in [-0.15, -0.1) is 0 Å². The molecule has 4 rings (SSSR count). The van der Waals surface area contributed by atoms with Crippen LogP contribution < -0.4 is 15.4 Å². The highest BCUT2D eigenvalue weighted by Crippen LogP contribution is 2.39. The maximum absolute atomic E-state index is 12.9. The fourth-order valence-electron chi connectivity index (χ4n) is 3.26. The molecule has 0 saturated carbocycles. The highest BCUT2D eigenvalue weighted by molar-refractivity contribution is 6.03. The molecule has 0 aliphatic carbocycles. The van der Waals surface area contributed by atoms with Crippen LogP contribution in [-0.4, -0.2) is 19.1 Å². The van der Waals surface area contributed by atoms with E-state index in [1.807, 2.05) is 47.4 Å². The van der Waals surface area contributed by atoms with Gasteiger partial charge in [-0.25, -0.2) is 0 Å². The van der Waals surface area contributed by atoms with Crippen molar-refractivity contribution in [3.05, 3.63) is 53.6 Å². The maximum atomic E-state index is 12.9. The van der Waals surface area contributed by atoms with E-state index in [0.29, 0.717) is 18.8 Å². The zero-order valence-electron chi connectivity index (χ0n) is 11.6. The summed E-state index contributed by atoms with van der Waals surface area (Å²) < 4.78 is 5.63. The molecule has 0 bridgehead atoms. The van der Waals surface area contributed by atoms with Crippen LogP contribution in [0.1, 0.15) is 17.0 Å². The smallest absolute Gasteiger partial charge is 0.238 e. The molecule has 1 amide bonds. The molecule has 0 aromatic heterocycles. The lowest BCUT2D eigenvalue weighted by Crippen LogP contribution is -2.34. The summed E-state index contributed by atoms with van der Waals surface area (Å²) in [7, 11) is 0. The Morgan fingerprint density at radius 2 is 2.05 bits per heavy atom. The van der Waals surface area contributed by atoms with Gasteiger partial charge in [0.1, 0.15) is 18.3 Å². The molecule has 21 heavy (non-hydrogen) atoms. The van der Waals surface area contributed by atoms with Crippen LogP contribution in [0.2, 0.25) is 0 Å². The van der Waals surface area contributed by atoms with Crippen molar-refractivity contribution in [3.8, 4) is 5.75 Å². The number of hydrogen-bond acceptors (Lipinski definition) is 3. The lowest BCUT2D eigenvalue weighted by Gasteiger charge is -2.22. The monoisotopic (exact) mass is 280 g/mol. The second-order valence-corrected chi connectivity index (χ2v) is 5.50. The van der Waals surface area contributed by atoms with E-state index in [0.717, 1.165) is 29.0 Å². The van der Waals surface area contributed by atoms with Gasteiger partial charge in [-0.2, -0.15) is 0 Å². The molecule has 2 N–H and O–H groups in total. The van der Waals surface area contributed by atoms with Crippen molar-refractivity contribution in [1.29, 1.82) is 0 Å². The second-order valence-electron chi connectivity index (χ2n) is 5.50. The standard InChI is InChI=1S/C17H16N2O2/c18-14-6-3-4-11-8-9-19(16(11)14)17(20)13-10-21-15-7-2-1-5-12(13)15/h1-7,13H,8-10,18H2. The highest BCUT2D eigenvalue weighted by Gasteiger charge is 2.36. The molecular weight excluding hydrogens is 264 g/mol. The van der Waals surface area contributed by atoms with E-state index in [-0.39, 0.29) is 11.8 Å². The number of rotatable bonds is 1. The van der Waals surface area contributed by atoms with Crippen LogP contribution in [0.5, 0.6) is 5.75 Å². The molecule has 106 valence electrons. The van der Waals surface area contributed by atoms with E-state index in [2.05, 4.69) is 0 Å². The second kappa shape index (κ2) is 4.52. The quantitative estimate of drug-likeness (QED) is 0.816. The summed E-state index contributed by atoms with van der Waals surface area (Å²) in [5, 5.41) is 0. The van der Waals surface area contributed by atoms with Gasteiger partial charge in [0.15, 0.2) is 0 Å². The fourth-order valence-corrected chi connectivity index (χ4v) is 3.26. The number of amides is 1. The topological polar surface area (TPSA) is 55.6 Å². The molecule has 1 unspecified atom stereocenters. The van der Waals surface area contributed by atoms with Gasteiger partial charge in [0, 0.05) is 12.1 Å². The predicted molar refractivity (Wildman–Crippen MR) is 81.6 cm³/mol.